The van der Waals surface area contributed by atoms with Crippen molar-refractivity contribution in [1.82, 2.24) is 9.55 Å². The van der Waals surface area contributed by atoms with E-state index in [4.69, 9.17) is 14.1 Å². The number of hydrogen-bond donors (Lipinski definition) is 0. The van der Waals surface area contributed by atoms with Crippen LogP contribution in [0.4, 0.5) is 0 Å². The quantitative estimate of drug-likeness (QED) is 0.362. The second-order valence-electron chi connectivity index (χ2n) is 10.8. The standard InChI is InChI=1S/C29H30N2O3S/c1-29-11-9-21-20-8-6-19(33-2)14-17(20)5-7-22(21)23(29)15-24-26(29)25-27(35-24)30-16-31(28(25)32)12-10-18-4-3-13-34-18/h3-4,6,8,13-14,16,21-23H,5,7,9-12,15H2,1-2H3. The van der Waals surface area contributed by atoms with E-state index in [1.807, 2.05) is 12.1 Å². The molecule has 4 aromatic rings. The fourth-order valence-corrected chi connectivity index (χ4v) is 8.88. The number of furan rings is 1. The smallest absolute Gasteiger partial charge is 0.262 e. The van der Waals surface area contributed by atoms with Crippen LogP contribution in [-0.2, 0) is 31.2 Å². The van der Waals surface area contributed by atoms with Gasteiger partial charge in [0.15, 0.2) is 0 Å². The van der Waals surface area contributed by atoms with E-state index in [0.717, 1.165) is 41.0 Å². The Morgan fingerprint density at radius 2 is 2.20 bits per heavy atom. The van der Waals surface area contributed by atoms with Gasteiger partial charge in [-0.2, -0.15) is 0 Å². The second kappa shape index (κ2) is 7.82. The van der Waals surface area contributed by atoms with Crippen LogP contribution >= 0.6 is 11.3 Å². The number of aryl methyl sites for hydroxylation is 3. The third kappa shape index (κ3) is 3.11. The molecule has 3 heterocycles. The van der Waals surface area contributed by atoms with Gasteiger partial charge in [0.05, 0.1) is 25.1 Å². The molecular formula is C29H30N2O3S. The molecule has 0 spiro atoms. The maximum absolute atomic E-state index is 13.7. The van der Waals surface area contributed by atoms with Crippen LogP contribution in [0.15, 0.2) is 52.1 Å². The molecule has 0 radical (unpaired) electrons. The van der Waals surface area contributed by atoms with Crippen LogP contribution in [0.1, 0.15) is 59.4 Å². The van der Waals surface area contributed by atoms with Crippen LogP contribution in [0.25, 0.3) is 10.2 Å². The first-order valence-corrected chi connectivity index (χ1v) is 13.6. The molecule has 35 heavy (non-hydrogen) atoms. The Kier molecular flexibility index (Phi) is 4.79. The normalized spacial score (nSPS) is 26.7. The summed E-state index contributed by atoms with van der Waals surface area (Å²) in [7, 11) is 1.75. The zero-order chi connectivity index (χ0) is 23.7. The summed E-state index contributed by atoms with van der Waals surface area (Å²) in [6.45, 7) is 3.03. The van der Waals surface area contributed by atoms with Crippen molar-refractivity contribution >= 4 is 21.6 Å². The molecule has 0 bridgehead atoms. The van der Waals surface area contributed by atoms with Gasteiger partial charge in [0, 0.05) is 17.8 Å². The van der Waals surface area contributed by atoms with Gasteiger partial charge in [-0.1, -0.05) is 13.0 Å². The van der Waals surface area contributed by atoms with Gasteiger partial charge in [0.1, 0.15) is 16.3 Å². The number of ether oxygens (including phenoxy) is 1. The summed E-state index contributed by atoms with van der Waals surface area (Å²) in [4.78, 5) is 20.8. The molecule has 3 aliphatic rings. The van der Waals surface area contributed by atoms with Gasteiger partial charge in [0.2, 0.25) is 0 Å². The van der Waals surface area contributed by atoms with Gasteiger partial charge in [0.25, 0.3) is 5.56 Å². The highest BCUT2D eigenvalue weighted by atomic mass is 32.1. The van der Waals surface area contributed by atoms with Crippen molar-refractivity contribution in [2.24, 2.45) is 11.8 Å². The Balaban J connectivity index is 1.25. The van der Waals surface area contributed by atoms with Crippen LogP contribution in [0.5, 0.6) is 5.75 Å². The van der Waals surface area contributed by atoms with E-state index in [2.05, 4.69) is 25.1 Å². The Morgan fingerprint density at radius 1 is 1.29 bits per heavy atom. The van der Waals surface area contributed by atoms with Crippen molar-refractivity contribution in [3.8, 4) is 5.75 Å². The predicted octanol–water partition coefficient (Wildman–Crippen LogP) is 5.87. The lowest BCUT2D eigenvalue weighted by Gasteiger charge is -2.49. The number of aromatic nitrogens is 2. The lowest BCUT2D eigenvalue weighted by Crippen LogP contribution is -2.43. The fraction of sp³-hybridized carbons (Fsp3) is 0.448. The van der Waals surface area contributed by atoms with Crippen molar-refractivity contribution in [2.75, 3.05) is 7.11 Å². The minimum absolute atomic E-state index is 0.0553. The molecule has 0 saturated heterocycles. The van der Waals surface area contributed by atoms with Gasteiger partial charge < -0.3 is 9.15 Å². The van der Waals surface area contributed by atoms with Crippen LogP contribution < -0.4 is 10.3 Å². The summed E-state index contributed by atoms with van der Waals surface area (Å²) < 4.78 is 12.8. The highest BCUT2D eigenvalue weighted by Crippen LogP contribution is 2.62. The summed E-state index contributed by atoms with van der Waals surface area (Å²) in [6, 6.07) is 10.5. The minimum Gasteiger partial charge on any atom is -0.497 e. The van der Waals surface area contributed by atoms with Crippen LogP contribution in [-0.4, -0.2) is 16.7 Å². The summed E-state index contributed by atoms with van der Waals surface area (Å²) in [5, 5.41) is 0.886. The molecule has 0 aliphatic heterocycles. The highest BCUT2D eigenvalue weighted by molar-refractivity contribution is 7.18. The zero-order valence-corrected chi connectivity index (χ0v) is 21.1. The fourth-order valence-electron chi connectivity index (χ4n) is 7.56. The average Bonchev–Trinajstić information content (AvgIpc) is 3.58. The largest absolute Gasteiger partial charge is 0.497 e. The number of fused-ring (bicyclic) bond motifs is 9. The molecule has 3 aromatic heterocycles. The first-order valence-electron chi connectivity index (χ1n) is 12.8. The van der Waals surface area contributed by atoms with Gasteiger partial charge in [-0.25, -0.2) is 4.98 Å². The predicted molar refractivity (Wildman–Crippen MR) is 138 cm³/mol. The number of thiophene rings is 1. The maximum atomic E-state index is 13.7. The van der Waals surface area contributed by atoms with E-state index in [0.29, 0.717) is 30.7 Å². The van der Waals surface area contributed by atoms with Crippen molar-refractivity contribution < 1.29 is 9.15 Å². The number of hydrogen-bond acceptors (Lipinski definition) is 5. The molecule has 6 heteroatoms. The van der Waals surface area contributed by atoms with Crippen LogP contribution in [0.3, 0.4) is 0 Å². The Bertz CT molecular complexity index is 1480. The molecule has 1 saturated carbocycles. The van der Waals surface area contributed by atoms with Crippen LogP contribution in [0.2, 0.25) is 0 Å². The molecule has 7 rings (SSSR count). The second-order valence-corrected chi connectivity index (χ2v) is 11.9. The first kappa shape index (κ1) is 21.4. The Morgan fingerprint density at radius 3 is 3.03 bits per heavy atom. The summed E-state index contributed by atoms with van der Waals surface area (Å²) in [5.41, 5.74) is 4.50. The Hall–Kier alpha value is -2.86. The van der Waals surface area contributed by atoms with E-state index in [1.165, 1.54) is 34.4 Å². The molecule has 4 unspecified atom stereocenters. The van der Waals surface area contributed by atoms with Gasteiger partial charge in [-0.05, 0) is 96.2 Å². The number of nitrogens with zero attached hydrogens (tertiary/aromatic N) is 2. The molecular weight excluding hydrogens is 456 g/mol. The van der Waals surface area contributed by atoms with E-state index < -0.39 is 0 Å². The molecule has 180 valence electrons. The van der Waals surface area contributed by atoms with E-state index >= 15 is 0 Å². The highest BCUT2D eigenvalue weighted by Gasteiger charge is 2.54. The lowest BCUT2D eigenvalue weighted by molar-refractivity contribution is 0.106. The summed E-state index contributed by atoms with van der Waals surface area (Å²) in [5.74, 6) is 3.74. The molecule has 0 N–H and O–H groups in total. The van der Waals surface area contributed by atoms with Gasteiger partial charge in [-0.15, -0.1) is 11.3 Å². The molecule has 1 fully saturated rings. The Labute approximate surface area is 208 Å². The molecule has 5 nitrogen and oxygen atoms in total. The lowest BCUT2D eigenvalue weighted by atomic mass is 9.55. The van der Waals surface area contributed by atoms with Crippen molar-refractivity contribution in [3.05, 3.63) is 80.6 Å². The number of methoxy groups -OCH3 is 1. The topological polar surface area (TPSA) is 57.3 Å². The SMILES string of the molecule is COc1ccc2c(c1)CCC1C2CCC2(C)c3c(sc4ncn(CCc5ccco5)c(=O)c34)CC12. The third-order valence-electron chi connectivity index (χ3n) is 9.23. The van der Waals surface area contributed by atoms with Crippen LogP contribution in [0, 0.1) is 11.8 Å². The van der Waals surface area contributed by atoms with Gasteiger partial charge >= 0.3 is 0 Å². The summed E-state index contributed by atoms with van der Waals surface area (Å²) >= 11 is 1.76. The molecule has 3 aliphatic carbocycles. The number of rotatable bonds is 4. The third-order valence-corrected chi connectivity index (χ3v) is 10.4. The number of benzene rings is 1. The van der Waals surface area contributed by atoms with Crippen molar-refractivity contribution in [3.63, 3.8) is 0 Å². The first-order chi connectivity index (χ1) is 17.1. The van der Waals surface area contributed by atoms with Crippen molar-refractivity contribution in [2.45, 2.75) is 63.3 Å². The van der Waals surface area contributed by atoms with Gasteiger partial charge in [-0.3, -0.25) is 9.36 Å². The average molecular weight is 487 g/mol. The molecule has 4 atom stereocenters. The molecule has 0 amide bonds. The summed E-state index contributed by atoms with van der Waals surface area (Å²) in [6.07, 6.45) is 9.85. The monoisotopic (exact) mass is 486 g/mol. The van der Waals surface area contributed by atoms with Crippen molar-refractivity contribution in [1.29, 1.82) is 0 Å². The molecule has 1 aromatic carbocycles. The van der Waals surface area contributed by atoms with E-state index in [-0.39, 0.29) is 11.0 Å². The maximum Gasteiger partial charge on any atom is 0.262 e. The van der Waals surface area contributed by atoms with E-state index in [1.54, 1.807) is 35.6 Å². The van der Waals surface area contributed by atoms with E-state index in [9.17, 15) is 4.79 Å². The zero-order valence-electron chi connectivity index (χ0n) is 20.3. The minimum atomic E-state index is 0.0553.